The highest BCUT2D eigenvalue weighted by atomic mass is 16.5. The van der Waals surface area contributed by atoms with E-state index in [4.69, 9.17) is 9.47 Å². The zero-order chi connectivity index (χ0) is 21.6. The summed E-state index contributed by atoms with van der Waals surface area (Å²) in [6.45, 7) is 5.07. The van der Waals surface area contributed by atoms with Crippen LogP contribution in [0.3, 0.4) is 0 Å². The Balaban J connectivity index is 1.89. The molecule has 1 amide bonds. The van der Waals surface area contributed by atoms with Gasteiger partial charge in [-0.3, -0.25) is 4.79 Å². The van der Waals surface area contributed by atoms with Crippen LogP contribution in [0.15, 0.2) is 48.5 Å². The van der Waals surface area contributed by atoms with Crippen molar-refractivity contribution in [3.05, 3.63) is 59.7 Å². The van der Waals surface area contributed by atoms with Gasteiger partial charge in [0.05, 0.1) is 13.7 Å². The third-order valence-corrected chi connectivity index (χ3v) is 4.91. The van der Waals surface area contributed by atoms with Crippen LogP contribution < -0.4 is 14.8 Å². The molecular weight excluding hydrogens is 374 g/mol. The van der Waals surface area contributed by atoms with Gasteiger partial charge in [-0.25, -0.2) is 0 Å². The Bertz CT molecular complexity index is 796. The molecule has 0 aliphatic carbocycles. The van der Waals surface area contributed by atoms with E-state index in [1.165, 1.54) is 43.7 Å². The first kappa shape index (κ1) is 23.5. The average Bonchev–Trinajstić information content (AvgIpc) is 2.77. The molecular formula is C26H35NO3. The summed E-state index contributed by atoms with van der Waals surface area (Å²) in [6.07, 6.45) is 11.4. The number of ether oxygens (including phenoxy) is 2. The molecule has 4 nitrogen and oxygen atoms in total. The van der Waals surface area contributed by atoms with E-state index in [9.17, 15) is 4.79 Å². The Hall–Kier alpha value is -2.75. The van der Waals surface area contributed by atoms with Gasteiger partial charge in [-0.15, -0.1) is 0 Å². The number of anilines is 1. The van der Waals surface area contributed by atoms with E-state index in [2.05, 4.69) is 31.3 Å². The molecule has 0 radical (unpaired) electrons. The van der Waals surface area contributed by atoms with Crippen LogP contribution >= 0.6 is 0 Å². The third-order valence-electron chi connectivity index (χ3n) is 4.91. The summed E-state index contributed by atoms with van der Waals surface area (Å²) in [5.41, 5.74) is 2.98. The molecule has 0 heterocycles. The van der Waals surface area contributed by atoms with Crippen LogP contribution in [0, 0.1) is 0 Å². The molecule has 2 aromatic rings. The summed E-state index contributed by atoms with van der Waals surface area (Å²) in [6, 6.07) is 13.7. The highest BCUT2D eigenvalue weighted by Gasteiger charge is 2.05. The lowest BCUT2D eigenvalue weighted by Gasteiger charge is -2.11. The SMILES string of the molecule is CCCCCCOc1ccc(/C=C/C(=O)Nc2ccc(CCCC)cc2)cc1OC. The van der Waals surface area contributed by atoms with Crippen LogP contribution in [0.1, 0.15) is 63.5 Å². The maximum atomic E-state index is 12.2. The van der Waals surface area contributed by atoms with Gasteiger partial charge in [-0.05, 0) is 60.7 Å². The van der Waals surface area contributed by atoms with Gasteiger partial charge in [0.1, 0.15) is 0 Å². The second-order valence-corrected chi connectivity index (χ2v) is 7.44. The lowest BCUT2D eigenvalue weighted by Crippen LogP contribution is -2.07. The normalized spacial score (nSPS) is 10.9. The Morgan fingerprint density at radius 3 is 2.40 bits per heavy atom. The van der Waals surface area contributed by atoms with E-state index in [0.717, 1.165) is 29.8 Å². The quantitative estimate of drug-likeness (QED) is 0.298. The molecule has 0 spiro atoms. The van der Waals surface area contributed by atoms with E-state index in [-0.39, 0.29) is 5.91 Å². The first-order valence-corrected chi connectivity index (χ1v) is 11.0. The smallest absolute Gasteiger partial charge is 0.248 e. The fraction of sp³-hybridized carbons (Fsp3) is 0.423. The van der Waals surface area contributed by atoms with Gasteiger partial charge in [0.25, 0.3) is 0 Å². The van der Waals surface area contributed by atoms with Crippen LogP contribution in [-0.4, -0.2) is 19.6 Å². The van der Waals surface area contributed by atoms with Gasteiger partial charge < -0.3 is 14.8 Å². The molecule has 2 rings (SSSR count). The maximum Gasteiger partial charge on any atom is 0.248 e. The summed E-state index contributed by atoms with van der Waals surface area (Å²) in [5.74, 6) is 1.25. The minimum Gasteiger partial charge on any atom is -0.493 e. The van der Waals surface area contributed by atoms with Crippen LogP contribution in [0.5, 0.6) is 11.5 Å². The minimum atomic E-state index is -0.161. The van der Waals surface area contributed by atoms with E-state index in [0.29, 0.717) is 12.4 Å². The molecule has 0 saturated heterocycles. The molecule has 0 saturated carbocycles. The van der Waals surface area contributed by atoms with Crippen molar-refractivity contribution in [3.63, 3.8) is 0 Å². The number of hydrogen-bond donors (Lipinski definition) is 1. The summed E-state index contributed by atoms with van der Waals surface area (Å²) < 4.78 is 11.3. The number of hydrogen-bond acceptors (Lipinski definition) is 3. The number of carbonyl (C=O) groups is 1. The first-order chi connectivity index (χ1) is 14.7. The Morgan fingerprint density at radius 2 is 1.70 bits per heavy atom. The molecule has 1 N–H and O–H groups in total. The molecule has 0 aromatic heterocycles. The fourth-order valence-electron chi connectivity index (χ4n) is 3.11. The number of methoxy groups -OCH3 is 1. The molecule has 0 unspecified atom stereocenters. The van der Waals surface area contributed by atoms with E-state index >= 15 is 0 Å². The van der Waals surface area contributed by atoms with Crippen molar-refractivity contribution in [1.29, 1.82) is 0 Å². The van der Waals surface area contributed by atoms with Crippen molar-refractivity contribution < 1.29 is 14.3 Å². The highest BCUT2D eigenvalue weighted by molar-refractivity contribution is 6.01. The molecule has 30 heavy (non-hydrogen) atoms. The summed E-state index contributed by atoms with van der Waals surface area (Å²) in [4.78, 5) is 12.2. The van der Waals surface area contributed by atoms with Crippen LogP contribution in [-0.2, 0) is 11.2 Å². The van der Waals surface area contributed by atoms with Crippen molar-refractivity contribution in [2.45, 2.75) is 58.8 Å². The van der Waals surface area contributed by atoms with Gasteiger partial charge in [0, 0.05) is 11.8 Å². The summed E-state index contributed by atoms with van der Waals surface area (Å²) >= 11 is 0. The predicted octanol–water partition coefficient (Wildman–Crippen LogP) is 6.65. The van der Waals surface area contributed by atoms with Crippen molar-refractivity contribution in [3.8, 4) is 11.5 Å². The molecule has 0 aliphatic heterocycles. The van der Waals surface area contributed by atoms with Crippen LogP contribution in [0.4, 0.5) is 5.69 Å². The lowest BCUT2D eigenvalue weighted by molar-refractivity contribution is -0.111. The number of rotatable bonds is 13. The number of amides is 1. The van der Waals surface area contributed by atoms with Gasteiger partial charge in [0.15, 0.2) is 11.5 Å². The van der Waals surface area contributed by atoms with Gasteiger partial charge in [0.2, 0.25) is 5.91 Å². The van der Waals surface area contributed by atoms with Crippen molar-refractivity contribution in [2.75, 3.05) is 19.0 Å². The zero-order valence-corrected chi connectivity index (χ0v) is 18.6. The van der Waals surface area contributed by atoms with E-state index in [1.54, 1.807) is 13.2 Å². The maximum absolute atomic E-state index is 12.2. The third kappa shape index (κ3) is 8.32. The van der Waals surface area contributed by atoms with Crippen LogP contribution in [0.2, 0.25) is 0 Å². The van der Waals surface area contributed by atoms with E-state index in [1.807, 2.05) is 30.3 Å². The zero-order valence-electron chi connectivity index (χ0n) is 18.6. The van der Waals surface area contributed by atoms with Crippen LogP contribution in [0.25, 0.3) is 6.08 Å². The van der Waals surface area contributed by atoms with Gasteiger partial charge in [-0.2, -0.15) is 0 Å². The Morgan fingerprint density at radius 1 is 0.933 bits per heavy atom. The average molecular weight is 410 g/mol. The molecule has 0 fully saturated rings. The Kier molecular flexibility index (Phi) is 10.6. The number of benzene rings is 2. The molecule has 2 aromatic carbocycles. The number of aryl methyl sites for hydroxylation is 1. The number of nitrogens with one attached hydrogen (secondary N) is 1. The fourth-order valence-corrected chi connectivity index (χ4v) is 3.11. The van der Waals surface area contributed by atoms with Crippen molar-refractivity contribution >= 4 is 17.7 Å². The predicted molar refractivity (Wildman–Crippen MR) is 125 cm³/mol. The summed E-state index contributed by atoms with van der Waals surface area (Å²) in [5, 5.41) is 2.90. The standard InChI is InChI=1S/C26H35NO3/c1-4-6-8-9-19-30-24-17-13-22(20-25(24)29-3)14-18-26(28)27-23-15-11-21(12-16-23)10-7-5-2/h11-18,20H,4-10,19H2,1-3H3,(H,27,28)/b18-14+. The first-order valence-electron chi connectivity index (χ1n) is 11.0. The molecule has 0 aliphatic rings. The van der Waals surface area contributed by atoms with E-state index < -0.39 is 0 Å². The van der Waals surface area contributed by atoms with Gasteiger partial charge >= 0.3 is 0 Å². The van der Waals surface area contributed by atoms with Crippen molar-refractivity contribution in [2.24, 2.45) is 0 Å². The monoisotopic (exact) mass is 409 g/mol. The largest absolute Gasteiger partial charge is 0.493 e. The second kappa shape index (κ2) is 13.5. The minimum absolute atomic E-state index is 0.161. The second-order valence-electron chi connectivity index (χ2n) is 7.44. The lowest BCUT2D eigenvalue weighted by atomic mass is 10.1. The number of unbranched alkanes of at least 4 members (excludes halogenated alkanes) is 4. The van der Waals surface area contributed by atoms with Crippen molar-refractivity contribution in [1.82, 2.24) is 0 Å². The molecule has 0 atom stereocenters. The topological polar surface area (TPSA) is 47.6 Å². The molecule has 162 valence electrons. The molecule has 4 heteroatoms. The number of carbonyl (C=O) groups excluding carboxylic acids is 1. The van der Waals surface area contributed by atoms with Gasteiger partial charge in [-0.1, -0.05) is 57.7 Å². The highest BCUT2D eigenvalue weighted by Crippen LogP contribution is 2.28. The molecule has 0 bridgehead atoms. The Labute approximate surface area is 181 Å². The summed E-state index contributed by atoms with van der Waals surface area (Å²) in [7, 11) is 1.63.